The van der Waals surface area contributed by atoms with Crippen LogP contribution >= 0.6 is 0 Å². The Labute approximate surface area is 370 Å². The molecule has 0 radical (unpaired) electrons. The monoisotopic (exact) mass is 812 g/mol. The standard InChI is InChI=1S/C59H48N4/c1-57(2,3)59(58(4,5)6)55-48-31-28-46(62(42-19-9-7-10-20-42)44-23-15-17-39(33-44)37-60)35-41(48)27-30-52(55)54-50-26-14-13-25-49(50)53-36-47(29-32-51(53)56(54)59)63(43-21-11-8-12-22-43)45-24-16-18-40(34-45)38-61/h7-36H,1-6H3. The van der Waals surface area contributed by atoms with E-state index in [2.05, 4.69) is 197 Å². The van der Waals surface area contributed by atoms with Crippen molar-refractivity contribution in [1.82, 2.24) is 0 Å². The average Bonchev–Trinajstić information content (AvgIpc) is 3.64. The van der Waals surface area contributed by atoms with Crippen LogP contribution < -0.4 is 9.80 Å². The van der Waals surface area contributed by atoms with Gasteiger partial charge < -0.3 is 9.80 Å². The van der Waals surface area contributed by atoms with Gasteiger partial charge in [0.1, 0.15) is 0 Å². The van der Waals surface area contributed by atoms with Crippen molar-refractivity contribution in [3.8, 4) is 23.3 Å². The molecule has 0 aliphatic heterocycles. The molecule has 0 fully saturated rings. The number of fused-ring (bicyclic) bond motifs is 10. The normalized spacial score (nSPS) is 13.0. The fraction of sp³-hybridized carbons (Fsp3) is 0.153. The van der Waals surface area contributed by atoms with Gasteiger partial charge in [-0.2, -0.15) is 10.5 Å². The lowest BCUT2D eigenvalue weighted by atomic mass is 9.49. The van der Waals surface area contributed by atoms with Crippen LogP contribution in [0.25, 0.3) is 43.4 Å². The molecule has 10 rings (SSSR count). The van der Waals surface area contributed by atoms with Gasteiger partial charge in [0, 0.05) is 39.5 Å². The molecule has 0 amide bonds. The van der Waals surface area contributed by atoms with Crippen LogP contribution in [-0.2, 0) is 5.41 Å². The van der Waals surface area contributed by atoms with E-state index in [-0.39, 0.29) is 10.8 Å². The zero-order chi connectivity index (χ0) is 43.7. The predicted octanol–water partition coefficient (Wildman–Crippen LogP) is 16.2. The van der Waals surface area contributed by atoms with E-state index in [0.717, 1.165) is 34.1 Å². The van der Waals surface area contributed by atoms with E-state index in [9.17, 15) is 10.5 Å². The predicted molar refractivity (Wildman–Crippen MR) is 263 cm³/mol. The lowest BCUT2D eigenvalue weighted by Crippen LogP contribution is -2.50. The number of benzene rings is 9. The summed E-state index contributed by atoms with van der Waals surface area (Å²) in [5.41, 5.74) is 11.7. The molecule has 0 unspecified atom stereocenters. The van der Waals surface area contributed by atoms with E-state index < -0.39 is 5.41 Å². The van der Waals surface area contributed by atoms with Crippen LogP contribution in [0, 0.1) is 33.5 Å². The Bertz CT molecular complexity index is 3320. The molecule has 1 aliphatic rings. The highest BCUT2D eigenvalue weighted by Crippen LogP contribution is 2.68. The van der Waals surface area contributed by atoms with Crippen molar-refractivity contribution in [1.29, 1.82) is 10.5 Å². The third-order valence-corrected chi connectivity index (χ3v) is 13.3. The van der Waals surface area contributed by atoms with Crippen LogP contribution in [0.3, 0.4) is 0 Å². The lowest BCUT2D eigenvalue weighted by Gasteiger charge is -2.54. The summed E-state index contributed by atoms with van der Waals surface area (Å²) in [7, 11) is 0. The molecule has 304 valence electrons. The summed E-state index contributed by atoms with van der Waals surface area (Å²) >= 11 is 0. The van der Waals surface area contributed by atoms with Crippen molar-refractivity contribution < 1.29 is 0 Å². The van der Waals surface area contributed by atoms with E-state index in [4.69, 9.17) is 0 Å². The second-order valence-electron chi connectivity index (χ2n) is 18.8. The van der Waals surface area contributed by atoms with Crippen molar-refractivity contribution >= 4 is 66.4 Å². The molecule has 0 aromatic heterocycles. The van der Waals surface area contributed by atoms with E-state index in [1.165, 1.54) is 54.6 Å². The van der Waals surface area contributed by atoms with Gasteiger partial charge in [-0.05, 0) is 150 Å². The Balaban J connectivity index is 1.26. The first-order valence-electron chi connectivity index (χ1n) is 21.7. The highest BCUT2D eigenvalue weighted by molar-refractivity contribution is 6.20. The molecular formula is C59H48N4. The number of nitriles is 2. The maximum Gasteiger partial charge on any atom is 0.0992 e. The van der Waals surface area contributed by atoms with Crippen LogP contribution in [-0.4, -0.2) is 0 Å². The quantitative estimate of drug-likeness (QED) is 0.157. The van der Waals surface area contributed by atoms with Crippen molar-refractivity contribution in [2.24, 2.45) is 10.8 Å². The van der Waals surface area contributed by atoms with E-state index in [1.54, 1.807) is 0 Å². The molecule has 0 N–H and O–H groups in total. The van der Waals surface area contributed by atoms with Gasteiger partial charge in [0.2, 0.25) is 0 Å². The molecule has 4 nitrogen and oxygen atoms in total. The Kier molecular flexibility index (Phi) is 9.25. The maximum atomic E-state index is 9.92. The number of nitrogens with zero attached hydrogens (tertiary/aromatic N) is 4. The van der Waals surface area contributed by atoms with E-state index >= 15 is 0 Å². The molecule has 0 saturated heterocycles. The van der Waals surface area contributed by atoms with Gasteiger partial charge in [0.15, 0.2) is 0 Å². The number of anilines is 6. The molecule has 0 spiro atoms. The summed E-state index contributed by atoms with van der Waals surface area (Å²) in [6, 6.07) is 68.8. The number of para-hydroxylation sites is 2. The molecule has 1 aliphatic carbocycles. The summed E-state index contributed by atoms with van der Waals surface area (Å²) in [5, 5.41) is 27.1. The molecule has 0 atom stereocenters. The minimum absolute atomic E-state index is 0.228. The smallest absolute Gasteiger partial charge is 0.0992 e. The van der Waals surface area contributed by atoms with E-state index in [0.29, 0.717) is 11.1 Å². The molecular weight excluding hydrogens is 765 g/mol. The van der Waals surface area contributed by atoms with Gasteiger partial charge in [-0.1, -0.05) is 139 Å². The Hall–Kier alpha value is -7.66. The Morgan fingerprint density at radius 2 is 0.857 bits per heavy atom. The van der Waals surface area contributed by atoms with Crippen molar-refractivity contribution in [3.63, 3.8) is 0 Å². The minimum atomic E-state index is -0.435. The number of rotatable bonds is 6. The SMILES string of the molecule is CC(C)(C)C1(C(C)(C)C)c2c(ccc3cc(N(c4ccccc4)c4cccc(C#N)c4)ccc23)-c2c1c1ccc(N(c3ccccc3)c3cccc(C#N)c3)cc1c1ccccc21. The highest BCUT2D eigenvalue weighted by atomic mass is 15.1. The van der Waals surface area contributed by atoms with Crippen molar-refractivity contribution in [2.45, 2.75) is 47.0 Å². The fourth-order valence-electron chi connectivity index (χ4n) is 11.3. The first-order chi connectivity index (χ1) is 30.4. The van der Waals surface area contributed by atoms with Gasteiger partial charge in [-0.15, -0.1) is 0 Å². The van der Waals surface area contributed by atoms with Crippen LogP contribution in [0.2, 0.25) is 0 Å². The van der Waals surface area contributed by atoms with Crippen molar-refractivity contribution in [2.75, 3.05) is 9.80 Å². The van der Waals surface area contributed by atoms with Crippen LogP contribution in [0.5, 0.6) is 0 Å². The maximum absolute atomic E-state index is 9.92. The molecule has 0 heterocycles. The summed E-state index contributed by atoms with van der Waals surface area (Å²) in [4.78, 5) is 4.51. The summed E-state index contributed by atoms with van der Waals surface area (Å²) < 4.78 is 0. The van der Waals surface area contributed by atoms with Crippen LogP contribution in [0.1, 0.15) is 63.8 Å². The minimum Gasteiger partial charge on any atom is -0.310 e. The van der Waals surface area contributed by atoms with Gasteiger partial charge in [0.25, 0.3) is 0 Å². The average molecular weight is 813 g/mol. The highest BCUT2D eigenvalue weighted by Gasteiger charge is 2.59. The third-order valence-electron chi connectivity index (χ3n) is 13.3. The summed E-state index contributed by atoms with van der Waals surface area (Å²) in [6.07, 6.45) is 0. The molecule has 4 heteroatoms. The molecule has 0 bridgehead atoms. The van der Waals surface area contributed by atoms with E-state index in [1.807, 2.05) is 48.5 Å². The number of hydrogen-bond acceptors (Lipinski definition) is 4. The largest absolute Gasteiger partial charge is 0.310 e. The zero-order valence-corrected chi connectivity index (χ0v) is 36.6. The second-order valence-corrected chi connectivity index (χ2v) is 18.8. The second kappa shape index (κ2) is 14.8. The lowest BCUT2D eigenvalue weighted by molar-refractivity contribution is 0.0977. The van der Waals surface area contributed by atoms with Gasteiger partial charge >= 0.3 is 0 Å². The first-order valence-corrected chi connectivity index (χ1v) is 21.7. The topological polar surface area (TPSA) is 54.1 Å². The van der Waals surface area contributed by atoms with Crippen molar-refractivity contribution in [3.05, 3.63) is 204 Å². The fourth-order valence-corrected chi connectivity index (χ4v) is 11.3. The van der Waals surface area contributed by atoms with Crippen LogP contribution in [0.15, 0.2) is 182 Å². The van der Waals surface area contributed by atoms with Gasteiger partial charge in [-0.25, -0.2) is 0 Å². The first kappa shape index (κ1) is 39.5. The Morgan fingerprint density at radius 1 is 0.381 bits per heavy atom. The third kappa shape index (κ3) is 6.09. The molecule has 0 saturated carbocycles. The summed E-state index contributed by atoms with van der Waals surface area (Å²) in [6.45, 7) is 14.6. The molecule has 9 aromatic carbocycles. The molecule has 63 heavy (non-hydrogen) atoms. The summed E-state index contributed by atoms with van der Waals surface area (Å²) in [5.74, 6) is 0. The molecule has 9 aromatic rings. The number of hydrogen-bond donors (Lipinski definition) is 0. The zero-order valence-electron chi connectivity index (χ0n) is 36.6. The van der Waals surface area contributed by atoms with Crippen LogP contribution in [0.4, 0.5) is 34.1 Å². The van der Waals surface area contributed by atoms with Gasteiger partial charge in [-0.3, -0.25) is 0 Å². The Morgan fingerprint density at radius 3 is 1.40 bits per heavy atom. The van der Waals surface area contributed by atoms with Gasteiger partial charge in [0.05, 0.1) is 23.3 Å².